The van der Waals surface area contributed by atoms with E-state index in [4.69, 9.17) is 0 Å². The van der Waals surface area contributed by atoms with Crippen molar-refractivity contribution in [3.63, 3.8) is 0 Å². The second kappa shape index (κ2) is 8.64. The fourth-order valence-electron chi connectivity index (χ4n) is 1.62. The van der Waals surface area contributed by atoms with Gasteiger partial charge in [0.1, 0.15) is 6.23 Å². The van der Waals surface area contributed by atoms with Gasteiger partial charge in [0, 0.05) is 0 Å². The van der Waals surface area contributed by atoms with Gasteiger partial charge in [-0.25, -0.2) is 0 Å². The lowest BCUT2D eigenvalue weighted by molar-refractivity contribution is -0.111. The lowest BCUT2D eigenvalue weighted by Crippen LogP contribution is -2.47. The Morgan fingerprint density at radius 1 is 1.40 bits per heavy atom. The van der Waals surface area contributed by atoms with Gasteiger partial charge in [0.2, 0.25) is 6.41 Å². The Balaban J connectivity index is 4.16. The summed E-state index contributed by atoms with van der Waals surface area (Å²) in [6.45, 7) is 3.00. The molecule has 0 spiro atoms. The standard InChI is InChI=1S/C10H23N3O2/c1-4-8(6-11-2)5-9(13-7-14)10(15)12-3/h7-12,15H,4-6H2,1-3H3,(H,13,14)/t8?,9-,10?/m0/s1. The summed E-state index contributed by atoms with van der Waals surface area (Å²) in [7, 11) is 3.57. The summed E-state index contributed by atoms with van der Waals surface area (Å²) in [6, 6.07) is -0.231. The Bertz CT molecular complexity index is 167. The number of hydrogen-bond donors (Lipinski definition) is 4. The fraction of sp³-hybridized carbons (Fsp3) is 0.900. The average Bonchev–Trinajstić information content (AvgIpc) is 2.26. The summed E-state index contributed by atoms with van der Waals surface area (Å²) >= 11 is 0. The van der Waals surface area contributed by atoms with Crippen LogP contribution in [0.4, 0.5) is 0 Å². The van der Waals surface area contributed by atoms with Crippen molar-refractivity contribution in [3.05, 3.63) is 0 Å². The van der Waals surface area contributed by atoms with Crippen LogP contribution in [0.2, 0.25) is 0 Å². The van der Waals surface area contributed by atoms with Gasteiger partial charge in [-0.05, 0) is 33.0 Å². The first-order chi connectivity index (χ1) is 7.19. The molecular formula is C10H23N3O2. The molecule has 0 aliphatic carbocycles. The van der Waals surface area contributed by atoms with Gasteiger partial charge in [0.05, 0.1) is 6.04 Å². The van der Waals surface area contributed by atoms with Crippen molar-refractivity contribution >= 4 is 6.41 Å². The minimum absolute atomic E-state index is 0.231. The number of likely N-dealkylation sites (N-methyl/N-ethyl adjacent to an activating group) is 1. The minimum Gasteiger partial charge on any atom is -0.376 e. The van der Waals surface area contributed by atoms with Crippen LogP contribution in [-0.2, 0) is 4.79 Å². The van der Waals surface area contributed by atoms with Gasteiger partial charge in [0.25, 0.3) is 0 Å². The zero-order valence-corrected chi connectivity index (χ0v) is 9.79. The van der Waals surface area contributed by atoms with E-state index in [9.17, 15) is 9.90 Å². The molecule has 0 aromatic heterocycles. The van der Waals surface area contributed by atoms with Crippen LogP contribution in [-0.4, -0.2) is 44.4 Å². The average molecular weight is 217 g/mol. The quantitative estimate of drug-likeness (QED) is 0.304. The molecule has 15 heavy (non-hydrogen) atoms. The van der Waals surface area contributed by atoms with Gasteiger partial charge in [-0.2, -0.15) is 0 Å². The van der Waals surface area contributed by atoms with E-state index in [1.807, 2.05) is 7.05 Å². The fourth-order valence-corrected chi connectivity index (χ4v) is 1.62. The highest BCUT2D eigenvalue weighted by Gasteiger charge is 2.20. The highest BCUT2D eigenvalue weighted by molar-refractivity contribution is 5.46. The van der Waals surface area contributed by atoms with Gasteiger partial charge >= 0.3 is 0 Å². The monoisotopic (exact) mass is 217 g/mol. The molecule has 3 atom stereocenters. The van der Waals surface area contributed by atoms with Gasteiger partial charge < -0.3 is 15.7 Å². The van der Waals surface area contributed by atoms with E-state index in [-0.39, 0.29) is 6.04 Å². The molecule has 0 bridgehead atoms. The van der Waals surface area contributed by atoms with Gasteiger partial charge in [-0.15, -0.1) is 0 Å². The molecular weight excluding hydrogens is 194 g/mol. The van der Waals surface area contributed by atoms with Crippen molar-refractivity contribution in [2.75, 3.05) is 20.6 Å². The van der Waals surface area contributed by atoms with E-state index in [0.717, 1.165) is 19.4 Å². The largest absolute Gasteiger partial charge is 0.376 e. The van der Waals surface area contributed by atoms with Gasteiger partial charge in [0.15, 0.2) is 0 Å². The molecule has 0 aromatic carbocycles. The Kier molecular flexibility index (Phi) is 8.27. The topological polar surface area (TPSA) is 73.4 Å². The first-order valence-corrected chi connectivity index (χ1v) is 5.39. The van der Waals surface area contributed by atoms with E-state index >= 15 is 0 Å². The molecule has 0 radical (unpaired) electrons. The van der Waals surface area contributed by atoms with E-state index in [1.54, 1.807) is 7.05 Å². The summed E-state index contributed by atoms with van der Waals surface area (Å²) < 4.78 is 0. The smallest absolute Gasteiger partial charge is 0.207 e. The number of aliphatic hydroxyl groups is 1. The van der Waals surface area contributed by atoms with Crippen molar-refractivity contribution in [1.29, 1.82) is 0 Å². The molecule has 5 heteroatoms. The normalized spacial score (nSPS) is 16.8. The Morgan fingerprint density at radius 2 is 2.07 bits per heavy atom. The summed E-state index contributed by atoms with van der Waals surface area (Å²) in [5.74, 6) is 0.454. The minimum atomic E-state index is -0.693. The maximum atomic E-state index is 10.4. The SMILES string of the molecule is CCC(CNC)C[C@H](NC=O)C(O)NC. The van der Waals surface area contributed by atoms with Crippen LogP contribution in [0.15, 0.2) is 0 Å². The number of nitrogens with one attached hydrogen (secondary N) is 3. The molecule has 0 fully saturated rings. The summed E-state index contributed by atoms with van der Waals surface area (Å²) in [4.78, 5) is 10.4. The summed E-state index contributed by atoms with van der Waals surface area (Å²) in [5, 5.41) is 18.1. The maximum Gasteiger partial charge on any atom is 0.207 e. The third kappa shape index (κ3) is 5.71. The Hall–Kier alpha value is -0.650. The molecule has 0 heterocycles. The number of carbonyl (C=O) groups excluding carboxylic acids is 1. The predicted octanol–water partition coefficient (Wildman–Crippen LogP) is -0.725. The molecule has 1 amide bonds. The van der Waals surface area contributed by atoms with Crippen LogP contribution in [0.3, 0.4) is 0 Å². The first kappa shape index (κ1) is 14.3. The first-order valence-electron chi connectivity index (χ1n) is 5.39. The van der Waals surface area contributed by atoms with Crippen LogP contribution in [0, 0.1) is 5.92 Å². The molecule has 0 aromatic rings. The molecule has 0 saturated carbocycles. The van der Waals surface area contributed by atoms with Crippen molar-refractivity contribution in [1.82, 2.24) is 16.0 Å². The number of amides is 1. The summed E-state index contributed by atoms with van der Waals surface area (Å²) in [6.07, 6.45) is 1.73. The van der Waals surface area contributed by atoms with E-state index in [2.05, 4.69) is 22.9 Å². The second-order valence-electron chi connectivity index (χ2n) is 3.69. The van der Waals surface area contributed by atoms with Crippen LogP contribution in [0.5, 0.6) is 0 Å². The predicted molar refractivity (Wildman–Crippen MR) is 60.4 cm³/mol. The lowest BCUT2D eigenvalue weighted by atomic mass is 9.96. The van der Waals surface area contributed by atoms with Crippen molar-refractivity contribution in [2.45, 2.75) is 32.0 Å². The third-order valence-corrected chi connectivity index (χ3v) is 2.62. The van der Waals surface area contributed by atoms with Crippen molar-refractivity contribution in [2.24, 2.45) is 5.92 Å². The van der Waals surface area contributed by atoms with E-state index in [1.165, 1.54) is 0 Å². The molecule has 0 saturated heterocycles. The Labute approximate surface area is 91.6 Å². The lowest BCUT2D eigenvalue weighted by Gasteiger charge is -2.26. The third-order valence-electron chi connectivity index (χ3n) is 2.62. The molecule has 0 aliphatic rings. The van der Waals surface area contributed by atoms with Crippen molar-refractivity contribution in [3.8, 4) is 0 Å². The maximum absolute atomic E-state index is 10.4. The highest BCUT2D eigenvalue weighted by atomic mass is 16.3. The molecule has 5 nitrogen and oxygen atoms in total. The highest BCUT2D eigenvalue weighted by Crippen LogP contribution is 2.11. The number of aliphatic hydroxyl groups excluding tert-OH is 1. The summed E-state index contributed by atoms with van der Waals surface area (Å²) in [5.41, 5.74) is 0. The second-order valence-corrected chi connectivity index (χ2v) is 3.69. The zero-order chi connectivity index (χ0) is 11.7. The van der Waals surface area contributed by atoms with E-state index in [0.29, 0.717) is 12.3 Å². The molecule has 4 N–H and O–H groups in total. The molecule has 0 rings (SSSR count). The van der Waals surface area contributed by atoms with E-state index < -0.39 is 6.23 Å². The molecule has 2 unspecified atom stereocenters. The van der Waals surface area contributed by atoms with Crippen LogP contribution >= 0.6 is 0 Å². The number of hydrogen-bond acceptors (Lipinski definition) is 4. The number of carbonyl (C=O) groups is 1. The van der Waals surface area contributed by atoms with Gasteiger partial charge in [-0.3, -0.25) is 10.1 Å². The van der Waals surface area contributed by atoms with Crippen LogP contribution in [0.25, 0.3) is 0 Å². The van der Waals surface area contributed by atoms with Crippen LogP contribution in [0.1, 0.15) is 19.8 Å². The molecule has 0 aliphatic heterocycles. The zero-order valence-electron chi connectivity index (χ0n) is 9.79. The van der Waals surface area contributed by atoms with Crippen LogP contribution < -0.4 is 16.0 Å². The van der Waals surface area contributed by atoms with Crippen molar-refractivity contribution < 1.29 is 9.90 Å². The molecule has 90 valence electrons. The van der Waals surface area contributed by atoms with Gasteiger partial charge in [-0.1, -0.05) is 13.3 Å². The number of rotatable bonds is 9. The Morgan fingerprint density at radius 3 is 2.47 bits per heavy atom.